The van der Waals surface area contributed by atoms with Crippen LogP contribution in [-0.2, 0) is 30.5 Å². The van der Waals surface area contributed by atoms with E-state index in [9.17, 15) is 44.4 Å². The number of aliphatic hydroxyl groups is 2. The molecule has 0 bridgehead atoms. The topological polar surface area (TPSA) is 215 Å². The van der Waals surface area contributed by atoms with Crippen LogP contribution in [-0.4, -0.2) is 81.1 Å². The van der Waals surface area contributed by atoms with Crippen molar-refractivity contribution in [2.75, 3.05) is 25.1 Å². The number of carbonyl (C=O) groups is 2. The Morgan fingerprint density at radius 2 is 1.63 bits per heavy atom. The van der Waals surface area contributed by atoms with Crippen LogP contribution in [0.25, 0.3) is 16.8 Å². The molecule has 0 fully saturated rings. The lowest BCUT2D eigenvalue weighted by Crippen LogP contribution is -2.36. The highest BCUT2D eigenvalue weighted by Gasteiger charge is 2.31. The van der Waals surface area contributed by atoms with Crippen molar-refractivity contribution < 1.29 is 53.5 Å². The molecule has 0 aliphatic heterocycles. The summed E-state index contributed by atoms with van der Waals surface area (Å²) in [5.74, 6) is -1.83. The maximum absolute atomic E-state index is 14.3. The fraction of sp³-hybridized carbons (Fsp3) is 0.400. The molecule has 1 heterocycles. The number of hydrogen-bond donors (Lipinski definition) is 3. The maximum Gasteiger partial charge on any atom is 0.308 e. The number of benzene rings is 2. The van der Waals surface area contributed by atoms with Gasteiger partial charge in [-0.2, -0.15) is 0 Å². The van der Waals surface area contributed by atoms with Gasteiger partial charge >= 0.3 is 5.97 Å². The van der Waals surface area contributed by atoms with Crippen molar-refractivity contribution in [1.29, 1.82) is 0 Å². The van der Waals surface area contributed by atoms with Gasteiger partial charge in [0.1, 0.15) is 18.5 Å². The number of rotatable bonds is 24. The summed E-state index contributed by atoms with van der Waals surface area (Å²) >= 11 is 0. The zero-order valence-corrected chi connectivity index (χ0v) is 32.2. The number of aromatic nitrogens is 1. The highest BCUT2D eigenvalue weighted by Crippen LogP contribution is 2.41. The molecule has 0 saturated heterocycles. The minimum Gasteiger partial charge on any atom is -0.463 e. The van der Waals surface area contributed by atoms with E-state index in [1.807, 2.05) is 43.6 Å². The molecule has 57 heavy (non-hydrogen) atoms. The number of ether oxygens (including phenoxy) is 2. The normalized spacial score (nSPS) is 13.8. The van der Waals surface area contributed by atoms with Crippen LogP contribution in [0.5, 0.6) is 0 Å². The quantitative estimate of drug-likeness (QED) is 0.0294. The van der Waals surface area contributed by atoms with Crippen molar-refractivity contribution in [2.24, 2.45) is 0 Å². The summed E-state index contributed by atoms with van der Waals surface area (Å²) in [7, 11) is 0. The van der Waals surface area contributed by atoms with Gasteiger partial charge in [-0.3, -0.25) is 9.59 Å². The molecule has 1 amide bonds. The molecule has 4 atom stereocenters. The predicted octanol–water partition coefficient (Wildman–Crippen LogP) is 6.44. The number of anilines is 1. The predicted molar refractivity (Wildman–Crippen MR) is 208 cm³/mol. The Morgan fingerprint density at radius 1 is 0.965 bits per heavy atom. The van der Waals surface area contributed by atoms with Crippen molar-refractivity contribution in [3.63, 3.8) is 0 Å². The van der Waals surface area contributed by atoms with Gasteiger partial charge in [-0.1, -0.05) is 62.9 Å². The van der Waals surface area contributed by atoms with Gasteiger partial charge in [0.15, 0.2) is 6.10 Å². The van der Waals surface area contributed by atoms with Gasteiger partial charge in [0, 0.05) is 23.5 Å². The van der Waals surface area contributed by atoms with Crippen molar-refractivity contribution in [1.82, 2.24) is 4.57 Å². The van der Waals surface area contributed by atoms with Crippen LogP contribution in [0, 0.1) is 26.0 Å². The average Bonchev–Trinajstić information content (AvgIpc) is 3.49. The Labute approximate surface area is 329 Å². The second-order valence-corrected chi connectivity index (χ2v) is 13.2. The monoisotopic (exact) mass is 796 g/mol. The Kier molecular flexibility index (Phi) is 18.0. The summed E-state index contributed by atoms with van der Waals surface area (Å²) < 4.78 is 26.4. The van der Waals surface area contributed by atoms with Gasteiger partial charge in [-0.25, -0.2) is 4.39 Å². The van der Waals surface area contributed by atoms with E-state index in [0.717, 1.165) is 0 Å². The fourth-order valence-electron chi connectivity index (χ4n) is 6.16. The van der Waals surface area contributed by atoms with Crippen molar-refractivity contribution in [3.05, 3.63) is 128 Å². The molecule has 2 aromatic carbocycles. The first-order valence-corrected chi connectivity index (χ1v) is 18.2. The molecule has 17 heteroatoms. The van der Waals surface area contributed by atoms with Crippen LogP contribution in [0.3, 0.4) is 0 Å². The summed E-state index contributed by atoms with van der Waals surface area (Å²) in [6, 6.07) is 14.9. The first-order chi connectivity index (χ1) is 27.2. The third kappa shape index (κ3) is 14.0. The second-order valence-electron chi connectivity index (χ2n) is 13.2. The van der Waals surface area contributed by atoms with Gasteiger partial charge < -0.3 is 39.2 Å². The Morgan fingerprint density at radius 3 is 2.23 bits per heavy atom. The molecule has 0 aliphatic carbocycles. The molecule has 16 nitrogen and oxygen atoms in total. The molecule has 2 unspecified atom stereocenters. The standard InChI is InChI=1S/C40H49FN4O12/c1-6-11-28(12-7-2)36-37(40(49)42-31-13-9-8-10-14-31)38(26(3)4)43(39(36)29-15-17-30(41)18-16-29)20-19-32(46)23-33(47)24-35(48)55-22-21-54-25-34(57-45(52)53)27(5)56-44(50)51/h6-18,26-27,32-34,46-47H,1,19-25H2,2-5H3,(H,42,49)/b12-7-,28-11+/t27?,32-,33-,34?/m1/s1. The number of amides is 1. The SMILES string of the molecule is C=C/C=C(\C=C/C)c1c(C(=O)Nc2ccccc2)c(C(C)C)n(CC[C@@H](O)C[C@@H](O)CC(=O)OCCOCC(O[N+](=O)[O-])C(C)O[N+](=O)[O-])c1-c1ccc(F)cc1. The molecular formula is C40H49FN4O12. The third-order valence-electron chi connectivity index (χ3n) is 8.56. The average molecular weight is 797 g/mol. The molecule has 3 aromatic rings. The lowest BCUT2D eigenvalue weighted by Gasteiger charge is -2.20. The Balaban J connectivity index is 1.81. The van der Waals surface area contributed by atoms with E-state index in [4.69, 9.17) is 9.47 Å². The van der Waals surface area contributed by atoms with Gasteiger partial charge in [-0.15, -0.1) is 20.2 Å². The summed E-state index contributed by atoms with van der Waals surface area (Å²) in [5, 5.41) is 43.8. The van der Waals surface area contributed by atoms with Crippen LogP contribution in [0.1, 0.15) is 74.5 Å². The minimum absolute atomic E-state index is 0.0951. The van der Waals surface area contributed by atoms with Crippen LogP contribution in [0.4, 0.5) is 10.1 Å². The van der Waals surface area contributed by atoms with E-state index in [0.29, 0.717) is 39.3 Å². The van der Waals surface area contributed by atoms with E-state index in [2.05, 4.69) is 21.6 Å². The summed E-state index contributed by atoms with van der Waals surface area (Å²) in [5.41, 5.74) is 4.12. The zero-order valence-electron chi connectivity index (χ0n) is 32.2. The highest BCUT2D eigenvalue weighted by atomic mass is 19.1. The lowest BCUT2D eigenvalue weighted by molar-refractivity contribution is -0.798. The van der Waals surface area contributed by atoms with Gasteiger partial charge in [0.2, 0.25) is 0 Å². The first-order valence-electron chi connectivity index (χ1n) is 18.2. The lowest BCUT2D eigenvalue weighted by atomic mass is 9.93. The van der Waals surface area contributed by atoms with Crippen LogP contribution < -0.4 is 5.32 Å². The molecule has 0 spiro atoms. The Hall–Kier alpha value is -5.91. The highest BCUT2D eigenvalue weighted by molar-refractivity contribution is 6.11. The number of para-hydroxylation sites is 1. The molecule has 1 aromatic heterocycles. The van der Waals surface area contributed by atoms with E-state index in [1.54, 1.807) is 48.6 Å². The third-order valence-corrected chi connectivity index (χ3v) is 8.56. The number of carbonyl (C=O) groups excluding carboxylic acids is 2. The molecule has 0 radical (unpaired) electrons. The van der Waals surface area contributed by atoms with Crippen molar-refractivity contribution >= 4 is 23.1 Å². The number of allylic oxidation sites excluding steroid dienone is 5. The van der Waals surface area contributed by atoms with Gasteiger partial charge in [0.25, 0.3) is 16.1 Å². The molecule has 0 saturated carbocycles. The molecule has 0 aliphatic rings. The van der Waals surface area contributed by atoms with E-state index in [-0.39, 0.29) is 44.4 Å². The molecular weight excluding hydrogens is 747 g/mol. The number of aliphatic hydroxyl groups excluding tert-OH is 2. The van der Waals surface area contributed by atoms with Gasteiger partial charge in [0.05, 0.1) is 43.1 Å². The molecule has 3 rings (SSSR count). The molecule has 308 valence electrons. The fourth-order valence-corrected chi connectivity index (χ4v) is 6.16. The summed E-state index contributed by atoms with van der Waals surface area (Å²) in [6.07, 6.45) is 1.36. The largest absolute Gasteiger partial charge is 0.463 e. The smallest absolute Gasteiger partial charge is 0.308 e. The Bertz CT molecular complexity index is 1880. The number of hydrogen-bond acceptors (Lipinski definition) is 12. The maximum atomic E-state index is 14.3. The minimum atomic E-state index is -1.43. The number of halogens is 1. The van der Waals surface area contributed by atoms with Crippen LogP contribution in [0.15, 0.2) is 85.5 Å². The zero-order chi connectivity index (χ0) is 42.1. The second kappa shape index (κ2) is 22.6. The number of nitrogens with one attached hydrogen (secondary N) is 1. The van der Waals surface area contributed by atoms with Crippen LogP contribution in [0.2, 0.25) is 0 Å². The van der Waals surface area contributed by atoms with E-state index in [1.165, 1.54) is 19.1 Å². The first kappa shape index (κ1) is 45.5. The summed E-state index contributed by atoms with van der Waals surface area (Å²) in [4.78, 5) is 56.6. The summed E-state index contributed by atoms with van der Waals surface area (Å²) in [6.45, 7) is 9.93. The number of nitrogens with zero attached hydrogens (tertiary/aromatic N) is 3. The van der Waals surface area contributed by atoms with Crippen molar-refractivity contribution in [3.8, 4) is 11.3 Å². The number of esters is 1. The molecule has 3 N–H and O–H groups in total. The van der Waals surface area contributed by atoms with E-state index < -0.39 is 59.4 Å². The van der Waals surface area contributed by atoms with Gasteiger partial charge in [-0.05, 0) is 80.1 Å². The van der Waals surface area contributed by atoms with Crippen LogP contribution >= 0.6 is 0 Å². The van der Waals surface area contributed by atoms with E-state index >= 15 is 0 Å². The van der Waals surface area contributed by atoms with Crippen molar-refractivity contribution in [2.45, 2.75) is 83.8 Å².